The van der Waals surface area contributed by atoms with E-state index < -0.39 is 43.2 Å². The molecular weight excluding hydrogens is 282 g/mol. The molecule has 0 spiro atoms. The smallest absolute Gasteiger partial charge is 0.217 e. The quantitative estimate of drug-likeness (QED) is 0.311. The number of ether oxygens (including phenoxy) is 2. The zero-order valence-corrected chi connectivity index (χ0v) is 12.0. The van der Waals surface area contributed by atoms with Crippen LogP contribution in [0.15, 0.2) is 0 Å². The molecule has 21 heavy (non-hydrogen) atoms. The van der Waals surface area contributed by atoms with Gasteiger partial charge in [-0.3, -0.25) is 4.79 Å². The first-order valence-electron chi connectivity index (χ1n) is 6.96. The lowest BCUT2D eigenvalue weighted by atomic mass is 9.97. The van der Waals surface area contributed by atoms with E-state index in [0.29, 0.717) is 19.3 Å². The summed E-state index contributed by atoms with van der Waals surface area (Å²) in [6, 6.07) is -0.925. The van der Waals surface area contributed by atoms with Gasteiger partial charge >= 0.3 is 0 Å². The van der Waals surface area contributed by atoms with Crippen molar-refractivity contribution in [3.05, 3.63) is 0 Å². The van der Waals surface area contributed by atoms with Crippen molar-refractivity contribution in [3.63, 3.8) is 0 Å². The molecule has 1 aliphatic rings. The second kappa shape index (κ2) is 9.06. The number of rotatable bonds is 8. The van der Waals surface area contributed by atoms with E-state index in [1.165, 1.54) is 6.92 Å². The Hall–Kier alpha value is -1.06. The number of hydrogen-bond acceptors (Lipinski definition) is 7. The Kier molecular flexibility index (Phi) is 7.76. The lowest BCUT2D eigenvalue weighted by Gasteiger charge is -2.42. The fourth-order valence-electron chi connectivity index (χ4n) is 2.14. The van der Waals surface area contributed by atoms with E-state index in [2.05, 4.69) is 5.32 Å². The largest absolute Gasteiger partial charge is 0.394 e. The van der Waals surface area contributed by atoms with Crippen molar-refractivity contribution in [3.8, 4) is 0 Å². The Morgan fingerprint density at radius 3 is 2.62 bits per heavy atom. The SMILES string of the molecule is CC(=O)NC1C(O)[C@H](O)C(CO)O[C@H]1OCCCCC=O. The molecule has 0 bridgehead atoms. The molecule has 0 aromatic rings. The van der Waals surface area contributed by atoms with Crippen LogP contribution in [0.1, 0.15) is 26.2 Å². The van der Waals surface area contributed by atoms with Crippen LogP contribution in [0.5, 0.6) is 0 Å². The normalized spacial score (nSPS) is 32.7. The molecule has 3 unspecified atom stereocenters. The van der Waals surface area contributed by atoms with Crippen LogP contribution in [-0.2, 0) is 19.1 Å². The third kappa shape index (κ3) is 5.33. The van der Waals surface area contributed by atoms with Gasteiger partial charge in [-0.05, 0) is 12.8 Å². The maximum absolute atomic E-state index is 11.2. The average Bonchev–Trinajstić information content (AvgIpc) is 2.45. The summed E-state index contributed by atoms with van der Waals surface area (Å²) in [5, 5.41) is 31.4. The van der Waals surface area contributed by atoms with E-state index >= 15 is 0 Å². The molecule has 0 aromatic carbocycles. The molecule has 1 aliphatic heterocycles. The van der Waals surface area contributed by atoms with Crippen LogP contribution < -0.4 is 5.32 Å². The molecule has 0 aliphatic carbocycles. The minimum Gasteiger partial charge on any atom is -0.394 e. The third-order valence-electron chi connectivity index (χ3n) is 3.25. The van der Waals surface area contributed by atoms with Gasteiger partial charge in [-0.2, -0.15) is 0 Å². The molecule has 8 heteroatoms. The van der Waals surface area contributed by atoms with Crippen molar-refractivity contribution in [2.45, 2.75) is 56.8 Å². The molecule has 0 aromatic heterocycles. The van der Waals surface area contributed by atoms with Gasteiger partial charge in [0.25, 0.3) is 0 Å². The van der Waals surface area contributed by atoms with Crippen LogP contribution in [0.3, 0.4) is 0 Å². The molecule has 1 saturated heterocycles. The van der Waals surface area contributed by atoms with Crippen LogP contribution in [0.2, 0.25) is 0 Å². The standard InChI is InChI=1S/C13H23NO7/c1-8(17)14-10-12(19)11(18)9(7-16)21-13(10)20-6-4-2-3-5-15/h5,9-13,16,18-19H,2-4,6-7H2,1H3,(H,14,17)/t9?,10?,11-,12?,13-/m1/s1. The van der Waals surface area contributed by atoms with Crippen molar-refractivity contribution >= 4 is 12.2 Å². The van der Waals surface area contributed by atoms with E-state index in [4.69, 9.17) is 14.6 Å². The zero-order chi connectivity index (χ0) is 15.8. The van der Waals surface area contributed by atoms with Gasteiger partial charge in [0, 0.05) is 20.0 Å². The van der Waals surface area contributed by atoms with Crippen LogP contribution in [0.25, 0.3) is 0 Å². The fraction of sp³-hybridized carbons (Fsp3) is 0.846. The van der Waals surface area contributed by atoms with Crippen LogP contribution in [0, 0.1) is 0 Å². The molecule has 4 N–H and O–H groups in total. The highest BCUT2D eigenvalue weighted by molar-refractivity contribution is 5.73. The maximum atomic E-state index is 11.2. The Morgan fingerprint density at radius 1 is 1.33 bits per heavy atom. The van der Waals surface area contributed by atoms with Crippen molar-refractivity contribution in [2.24, 2.45) is 0 Å². The van der Waals surface area contributed by atoms with E-state index in [9.17, 15) is 19.8 Å². The number of amides is 1. The molecule has 122 valence electrons. The second-order valence-corrected chi connectivity index (χ2v) is 4.97. The Labute approximate surface area is 123 Å². The van der Waals surface area contributed by atoms with E-state index in [1.807, 2.05) is 0 Å². The number of unbranched alkanes of at least 4 members (excludes halogenated alkanes) is 2. The number of aldehydes is 1. The topological polar surface area (TPSA) is 125 Å². The summed E-state index contributed by atoms with van der Waals surface area (Å²) in [5.74, 6) is -0.396. The lowest BCUT2D eigenvalue weighted by Crippen LogP contribution is -2.64. The molecule has 1 amide bonds. The summed E-state index contributed by atoms with van der Waals surface area (Å²) in [5.41, 5.74) is 0. The van der Waals surface area contributed by atoms with Gasteiger partial charge in [0.15, 0.2) is 6.29 Å². The molecule has 1 heterocycles. The maximum Gasteiger partial charge on any atom is 0.217 e. The summed E-state index contributed by atoms with van der Waals surface area (Å²) in [6.07, 6.45) is -2.04. The minimum atomic E-state index is -1.32. The summed E-state index contributed by atoms with van der Waals surface area (Å²) >= 11 is 0. The number of nitrogens with one attached hydrogen (secondary N) is 1. The van der Waals surface area contributed by atoms with Gasteiger partial charge in [0.2, 0.25) is 5.91 Å². The minimum absolute atomic E-state index is 0.273. The van der Waals surface area contributed by atoms with E-state index in [1.54, 1.807) is 0 Å². The van der Waals surface area contributed by atoms with Crippen molar-refractivity contribution in [1.29, 1.82) is 0 Å². The van der Waals surface area contributed by atoms with E-state index in [0.717, 1.165) is 6.29 Å². The first-order valence-corrected chi connectivity index (χ1v) is 6.96. The number of aliphatic hydroxyl groups is 3. The molecule has 0 radical (unpaired) electrons. The zero-order valence-electron chi connectivity index (χ0n) is 12.0. The van der Waals surface area contributed by atoms with E-state index in [-0.39, 0.29) is 6.61 Å². The van der Waals surface area contributed by atoms with Crippen molar-refractivity contribution in [2.75, 3.05) is 13.2 Å². The highest BCUT2D eigenvalue weighted by Crippen LogP contribution is 2.22. The molecular formula is C13H23NO7. The molecule has 0 saturated carbocycles. The first kappa shape index (κ1) is 18.0. The monoisotopic (exact) mass is 305 g/mol. The summed E-state index contributed by atoms with van der Waals surface area (Å²) < 4.78 is 10.8. The molecule has 8 nitrogen and oxygen atoms in total. The second-order valence-electron chi connectivity index (χ2n) is 4.97. The molecule has 5 atom stereocenters. The highest BCUT2D eigenvalue weighted by Gasteiger charge is 2.45. The lowest BCUT2D eigenvalue weighted by molar-refractivity contribution is -0.270. The molecule has 1 fully saturated rings. The summed E-state index contributed by atoms with van der Waals surface area (Å²) in [7, 11) is 0. The number of aliphatic hydroxyl groups excluding tert-OH is 3. The van der Waals surface area contributed by atoms with Gasteiger partial charge in [0.1, 0.15) is 30.6 Å². The fourth-order valence-corrected chi connectivity index (χ4v) is 2.14. The Morgan fingerprint density at radius 2 is 2.05 bits per heavy atom. The van der Waals surface area contributed by atoms with Crippen LogP contribution in [0.4, 0.5) is 0 Å². The van der Waals surface area contributed by atoms with Gasteiger partial charge in [-0.1, -0.05) is 0 Å². The third-order valence-corrected chi connectivity index (χ3v) is 3.25. The summed E-state index contributed by atoms with van der Waals surface area (Å²) in [6.45, 7) is 1.07. The van der Waals surface area contributed by atoms with Gasteiger partial charge in [-0.15, -0.1) is 0 Å². The predicted octanol–water partition coefficient (Wildman–Crippen LogP) is -1.68. The van der Waals surface area contributed by atoms with Crippen molar-refractivity contribution < 1.29 is 34.4 Å². The number of carbonyl (C=O) groups excluding carboxylic acids is 2. The highest BCUT2D eigenvalue weighted by atomic mass is 16.7. The summed E-state index contributed by atoms with van der Waals surface area (Å²) in [4.78, 5) is 21.4. The number of carbonyl (C=O) groups is 2. The Bertz CT molecular complexity index is 338. The van der Waals surface area contributed by atoms with Gasteiger partial charge < -0.3 is 34.9 Å². The first-order chi connectivity index (χ1) is 10.0. The van der Waals surface area contributed by atoms with Crippen LogP contribution >= 0.6 is 0 Å². The molecule has 1 rings (SSSR count). The van der Waals surface area contributed by atoms with Crippen molar-refractivity contribution in [1.82, 2.24) is 5.32 Å². The van der Waals surface area contributed by atoms with Gasteiger partial charge in [-0.25, -0.2) is 0 Å². The number of hydrogen-bond donors (Lipinski definition) is 4. The van der Waals surface area contributed by atoms with Crippen LogP contribution in [-0.4, -0.2) is 71.4 Å². The van der Waals surface area contributed by atoms with Gasteiger partial charge in [0.05, 0.1) is 6.61 Å². The predicted molar refractivity (Wildman–Crippen MR) is 71.2 cm³/mol. The Balaban J connectivity index is 2.60. The average molecular weight is 305 g/mol.